The lowest BCUT2D eigenvalue weighted by Crippen LogP contribution is -2.34. The van der Waals surface area contributed by atoms with E-state index in [-0.39, 0.29) is 0 Å². The van der Waals surface area contributed by atoms with Gasteiger partial charge < -0.3 is 0 Å². The number of para-hydroxylation sites is 2. The summed E-state index contributed by atoms with van der Waals surface area (Å²) >= 11 is 1.84. The fourth-order valence-corrected chi connectivity index (χ4v) is 6.63. The van der Waals surface area contributed by atoms with Gasteiger partial charge in [-0.2, -0.15) is 0 Å². The number of rotatable bonds is 3. The van der Waals surface area contributed by atoms with Gasteiger partial charge >= 0.3 is 0 Å². The Morgan fingerprint density at radius 1 is 0.528 bits per heavy atom. The monoisotopic (exact) mass is 478 g/mol. The van der Waals surface area contributed by atoms with Crippen LogP contribution >= 0.6 is 11.8 Å². The standard InChI is InChI=1S/C33H22N2S/c1-3-11-24(12-4-1)33(25-13-5-2-6-14-25)26-15-7-10-18-31(26)36-32-20-19-23(21-27(32)33)30-22-34-28-16-8-9-17-29(28)35-30/h1-22H. The summed E-state index contributed by atoms with van der Waals surface area (Å²) in [5.74, 6) is 0. The van der Waals surface area contributed by atoms with Gasteiger partial charge in [-0.05, 0) is 52.6 Å². The van der Waals surface area contributed by atoms with Crippen molar-refractivity contribution in [2.24, 2.45) is 0 Å². The second kappa shape index (κ2) is 8.47. The van der Waals surface area contributed by atoms with Gasteiger partial charge in [-0.15, -0.1) is 0 Å². The van der Waals surface area contributed by atoms with Gasteiger partial charge in [0.05, 0.1) is 28.3 Å². The molecule has 1 aliphatic rings. The molecular weight excluding hydrogens is 456 g/mol. The van der Waals surface area contributed by atoms with Crippen molar-refractivity contribution >= 4 is 22.8 Å². The van der Waals surface area contributed by atoms with Crippen molar-refractivity contribution in [1.29, 1.82) is 0 Å². The van der Waals surface area contributed by atoms with Gasteiger partial charge in [0, 0.05) is 15.4 Å². The van der Waals surface area contributed by atoms with Crippen molar-refractivity contribution in [3.8, 4) is 11.3 Å². The van der Waals surface area contributed by atoms with Crippen molar-refractivity contribution in [3.63, 3.8) is 0 Å². The molecule has 0 amide bonds. The fourth-order valence-electron chi connectivity index (χ4n) is 5.46. The van der Waals surface area contributed by atoms with Crippen molar-refractivity contribution in [2.75, 3.05) is 0 Å². The van der Waals surface area contributed by atoms with E-state index < -0.39 is 5.41 Å². The first-order valence-electron chi connectivity index (χ1n) is 12.1. The topological polar surface area (TPSA) is 25.8 Å². The van der Waals surface area contributed by atoms with Crippen LogP contribution in [0.15, 0.2) is 143 Å². The molecular formula is C33H22N2S. The van der Waals surface area contributed by atoms with Crippen LogP contribution in [0.5, 0.6) is 0 Å². The van der Waals surface area contributed by atoms with E-state index in [0.717, 1.165) is 22.3 Å². The Morgan fingerprint density at radius 3 is 1.89 bits per heavy atom. The lowest BCUT2D eigenvalue weighted by molar-refractivity contribution is 0.703. The molecule has 0 aliphatic carbocycles. The zero-order valence-corrected chi connectivity index (χ0v) is 20.3. The normalized spacial score (nSPS) is 13.7. The molecule has 0 unspecified atom stereocenters. The summed E-state index contributed by atoms with van der Waals surface area (Å²) < 4.78 is 0. The molecule has 0 fully saturated rings. The van der Waals surface area contributed by atoms with Crippen molar-refractivity contribution in [2.45, 2.75) is 15.2 Å². The molecule has 0 saturated carbocycles. The molecule has 0 spiro atoms. The SMILES string of the molecule is c1ccc(C2(c3ccccc3)c3ccccc3Sc3ccc(-c4cnc5ccccc5n4)cc32)cc1. The summed E-state index contributed by atoms with van der Waals surface area (Å²) in [4.78, 5) is 12.2. The zero-order chi connectivity index (χ0) is 24.0. The zero-order valence-electron chi connectivity index (χ0n) is 19.5. The average Bonchev–Trinajstić information content (AvgIpc) is 2.96. The van der Waals surface area contributed by atoms with Crippen molar-refractivity contribution in [1.82, 2.24) is 9.97 Å². The minimum atomic E-state index is -0.444. The molecule has 170 valence electrons. The van der Waals surface area contributed by atoms with Crippen LogP contribution in [0.2, 0.25) is 0 Å². The van der Waals surface area contributed by atoms with Crippen LogP contribution < -0.4 is 0 Å². The van der Waals surface area contributed by atoms with E-state index >= 15 is 0 Å². The highest BCUT2D eigenvalue weighted by Crippen LogP contribution is 2.56. The van der Waals surface area contributed by atoms with Gasteiger partial charge in [-0.1, -0.05) is 109 Å². The minimum absolute atomic E-state index is 0.444. The van der Waals surface area contributed by atoms with Crippen LogP contribution in [0.25, 0.3) is 22.3 Å². The third-order valence-corrected chi connectivity index (χ3v) is 8.20. The molecule has 0 N–H and O–H groups in total. The van der Waals surface area contributed by atoms with Crippen LogP contribution in [-0.2, 0) is 5.41 Å². The highest BCUT2D eigenvalue weighted by atomic mass is 32.2. The second-order valence-electron chi connectivity index (χ2n) is 9.04. The third kappa shape index (κ3) is 3.20. The van der Waals surface area contributed by atoms with E-state index in [1.807, 2.05) is 42.2 Å². The van der Waals surface area contributed by atoms with Crippen LogP contribution in [0, 0.1) is 0 Å². The number of nitrogens with zero attached hydrogens (tertiary/aromatic N) is 2. The van der Waals surface area contributed by atoms with E-state index in [2.05, 4.69) is 103 Å². The second-order valence-corrected chi connectivity index (χ2v) is 10.1. The van der Waals surface area contributed by atoms with E-state index in [1.165, 1.54) is 32.0 Å². The fraction of sp³-hybridized carbons (Fsp3) is 0.0303. The quantitative estimate of drug-likeness (QED) is 0.256. The molecule has 0 atom stereocenters. The minimum Gasteiger partial charge on any atom is -0.252 e. The Bertz CT molecular complexity index is 1670. The van der Waals surface area contributed by atoms with E-state index in [9.17, 15) is 0 Å². The van der Waals surface area contributed by atoms with Crippen LogP contribution in [-0.4, -0.2) is 9.97 Å². The molecule has 7 rings (SSSR count). The average molecular weight is 479 g/mol. The Balaban J connectivity index is 1.55. The molecule has 5 aromatic carbocycles. The first-order chi connectivity index (χ1) is 17.8. The molecule has 1 aromatic heterocycles. The molecule has 1 aliphatic heterocycles. The first-order valence-corrected chi connectivity index (χ1v) is 12.9. The first kappa shape index (κ1) is 21.1. The summed E-state index contributed by atoms with van der Waals surface area (Å²) in [6.45, 7) is 0. The molecule has 0 radical (unpaired) electrons. The lowest BCUT2D eigenvalue weighted by atomic mass is 9.64. The Hall–Kier alpha value is -4.21. The van der Waals surface area contributed by atoms with Crippen LogP contribution in [0.3, 0.4) is 0 Å². The van der Waals surface area contributed by atoms with Gasteiger partial charge in [0.25, 0.3) is 0 Å². The van der Waals surface area contributed by atoms with Gasteiger partial charge in [-0.25, -0.2) is 4.98 Å². The largest absolute Gasteiger partial charge is 0.252 e. The summed E-state index contributed by atoms with van der Waals surface area (Å²) in [5.41, 5.74) is 8.42. The maximum atomic E-state index is 4.96. The highest BCUT2D eigenvalue weighted by molar-refractivity contribution is 7.99. The number of aromatic nitrogens is 2. The highest BCUT2D eigenvalue weighted by Gasteiger charge is 2.44. The summed E-state index contributed by atoms with van der Waals surface area (Å²) in [6, 6.07) is 45.4. The maximum absolute atomic E-state index is 4.96. The Labute approximate surface area is 214 Å². The summed E-state index contributed by atoms with van der Waals surface area (Å²) in [5, 5.41) is 0. The summed E-state index contributed by atoms with van der Waals surface area (Å²) in [7, 11) is 0. The summed E-state index contributed by atoms with van der Waals surface area (Å²) in [6.07, 6.45) is 1.89. The number of hydrogen-bond acceptors (Lipinski definition) is 3. The third-order valence-electron chi connectivity index (χ3n) is 7.05. The maximum Gasteiger partial charge on any atom is 0.0894 e. The number of hydrogen-bond donors (Lipinski definition) is 0. The molecule has 3 heteroatoms. The van der Waals surface area contributed by atoms with E-state index in [1.54, 1.807) is 0 Å². The van der Waals surface area contributed by atoms with Crippen LogP contribution in [0.4, 0.5) is 0 Å². The van der Waals surface area contributed by atoms with E-state index in [0.29, 0.717) is 0 Å². The number of benzene rings is 5. The Kier molecular flexibility index (Phi) is 4.97. The van der Waals surface area contributed by atoms with Crippen molar-refractivity contribution in [3.05, 3.63) is 156 Å². The predicted molar refractivity (Wildman–Crippen MR) is 147 cm³/mol. The number of fused-ring (bicyclic) bond motifs is 3. The van der Waals surface area contributed by atoms with Gasteiger partial charge in [-0.3, -0.25) is 4.98 Å². The predicted octanol–water partition coefficient (Wildman–Crippen LogP) is 8.14. The smallest absolute Gasteiger partial charge is 0.0894 e. The molecule has 0 bridgehead atoms. The van der Waals surface area contributed by atoms with Gasteiger partial charge in [0.15, 0.2) is 0 Å². The van der Waals surface area contributed by atoms with Crippen molar-refractivity contribution < 1.29 is 0 Å². The Morgan fingerprint density at radius 2 is 1.14 bits per heavy atom. The van der Waals surface area contributed by atoms with Crippen LogP contribution in [0.1, 0.15) is 22.3 Å². The lowest BCUT2D eigenvalue weighted by Gasteiger charge is -2.42. The molecule has 0 saturated heterocycles. The molecule has 36 heavy (non-hydrogen) atoms. The molecule has 6 aromatic rings. The van der Waals surface area contributed by atoms with Gasteiger partial charge in [0.2, 0.25) is 0 Å². The molecule has 2 nitrogen and oxygen atoms in total. The molecule has 2 heterocycles. The van der Waals surface area contributed by atoms with E-state index in [4.69, 9.17) is 9.97 Å². The van der Waals surface area contributed by atoms with Gasteiger partial charge in [0.1, 0.15) is 0 Å².